The van der Waals surface area contributed by atoms with E-state index < -0.39 is 0 Å². The first-order valence-electron chi connectivity index (χ1n) is 6.12. The van der Waals surface area contributed by atoms with E-state index in [4.69, 9.17) is 10.5 Å². The maximum atomic E-state index is 13.4. The van der Waals surface area contributed by atoms with Gasteiger partial charge in [0.2, 0.25) is 0 Å². The van der Waals surface area contributed by atoms with E-state index in [1.807, 2.05) is 36.4 Å². The Balaban J connectivity index is 1.97. The van der Waals surface area contributed by atoms with Crippen LogP contribution in [0.1, 0.15) is 11.1 Å². The lowest BCUT2D eigenvalue weighted by Crippen LogP contribution is -1.98. The molecule has 2 aromatic rings. The van der Waals surface area contributed by atoms with Crippen molar-refractivity contribution in [1.82, 2.24) is 0 Å². The molecule has 0 amide bonds. The normalized spacial score (nSPS) is 10.8. The number of ether oxygens (including phenoxy) is 1. The average molecular weight is 257 g/mol. The van der Waals surface area contributed by atoms with Crippen LogP contribution >= 0.6 is 0 Å². The van der Waals surface area contributed by atoms with Crippen molar-refractivity contribution in [2.75, 3.05) is 6.54 Å². The van der Waals surface area contributed by atoms with Crippen molar-refractivity contribution < 1.29 is 9.13 Å². The lowest BCUT2D eigenvalue weighted by Gasteiger charge is -2.07. The second-order valence-corrected chi connectivity index (χ2v) is 4.09. The molecule has 0 aliphatic rings. The molecule has 0 unspecified atom stereocenters. The van der Waals surface area contributed by atoms with Crippen molar-refractivity contribution in [3.63, 3.8) is 0 Å². The van der Waals surface area contributed by atoms with Gasteiger partial charge >= 0.3 is 0 Å². The average Bonchev–Trinajstić information content (AvgIpc) is 2.45. The molecule has 2 nitrogen and oxygen atoms in total. The third kappa shape index (κ3) is 3.93. The van der Waals surface area contributed by atoms with Gasteiger partial charge in [-0.3, -0.25) is 0 Å². The van der Waals surface area contributed by atoms with Crippen LogP contribution in [0.4, 0.5) is 4.39 Å². The second-order valence-electron chi connectivity index (χ2n) is 4.09. The van der Waals surface area contributed by atoms with Crippen molar-refractivity contribution in [2.45, 2.75) is 6.61 Å². The maximum absolute atomic E-state index is 13.4. The van der Waals surface area contributed by atoms with Gasteiger partial charge < -0.3 is 10.5 Å². The zero-order valence-electron chi connectivity index (χ0n) is 10.6. The van der Waals surface area contributed by atoms with Crippen LogP contribution in [0.15, 0.2) is 54.6 Å². The van der Waals surface area contributed by atoms with Crippen molar-refractivity contribution >= 4 is 6.08 Å². The molecule has 0 spiro atoms. The topological polar surface area (TPSA) is 35.2 Å². The summed E-state index contributed by atoms with van der Waals surface area (Å²) < 4.78 is 18.9. The summed E-state index contributed by atoms with van der Waals surface area (Å²) in [5.74, 6) is 0.471. The standard InChI is InChI=1S/C16H16FNO/c17-16-6-2-1-5-14(16)12-19-15-9-7-13(8-10-15)4-3-11-18/h1-10H,11-12,18H2. The number of nitrogens with two attached hydrogens (primary N) is 1. The minimum Gasteiger partial charge on any atom is -0.489 e. The summed E-state index contributed by atoms with van der Waals surface area (Å²) >= 11 is 0. The fourth-order valence-electron chi connectivity index (χ4n) is 1.66. The first-order chi connectivity index (χ1) is 9.29. The minimum absolute atomic E-state index is 0.227. The number of hydrogen-bond acceptors (Lipinski definition) is 2. The highest BCUT2D eigenvalue weighted by molar-refractivity contribution is 5.50. The zero-order valence-corrected chi connectivity index (χ0v) is 10.6. The number of benzene rings is 2. The van der Waals surface area contributed by atoms with Gasteiger partial charge in [-0.2, -0.15) is 0 Å². The molecule has 98 valence electrons. The molecular formula is C16H16FNO. The van der Waals surface area contributed by atoms with E-state index in [2.05, 4.69) is 0 Å². The molecule has 0 bridgehead atoms. The van der Waals surface area contributed by atoms with Crippen LogP contribution in [0, 0.1) is 5.82 Å². The molecule has 2 aromatic carbocycles. The molecule has 0 aliphatic heterocycles. The Bertz CT molecular complexity index is 549. The summed E-state index contributed by atoms with van der Waals surface area (Å²) in [4.78, 5) is 0. The molecule has 0 aliphatic carbocycles. The number of halogens is 1. The molecule has 0 atom stereocenters. The van der Waals surface area contributed by atoms with Crippen LogP contribution < -0.4 is 10.5 Å². The highest BCUT2D eigenvalue weighted by Crippen LogP contribution is 2.16. The third-order valence-corrected chi connectivity index (χ3v) is 2.68. The fraction of sp³-hybridized carbons (Fsp3) is 0.125. The second kappa shape index (κ2) is 6.71. The van der Waals surface area contributed by atoms with Gasteiger partial charge in [0.25, 0.3) is 0 Å². The Hall–Kier alpha value is -2.13. The van der Waals surface area contributed by atoms with Crippen molar-refractivity contribution in [3.05, 3.63) is 71.6 Å². The lowest BCUT2D eigenvalue weighted by molar-refractivity contribution is 0.300. The van der Waals surface area contributed by atoms with Gasteiger partial charge in [-0.25, -0.2) is 4.39 Å². The van der Waals surface area contributed by atoms with Gasteiger partial charge in [0, 0.05) is 12.1 Å². The van der Waals surface area contributed by atoms with Gasteiger partial charge in [-0.1, -0.05) is 42.5 Å². The SMILES string of the molecule is NCC=Cc1ccc(OCc2ccccc2F)cc1. The van der Waals surface area contributed by atoms with Gasteiger partial charge in [-0.15, -0.1) is 0 Å². The van der Waals surface area contributed by atoms with E-state index in [0.29, 0.717) is 17.9 Å². The Morgan fingerprint density at radius 2 is 1.79 bits per heavy atom. The van der Waals surface area contributed by atoms with E-state index in [9.17, 15) is 4.39 Å². The molecule has 0 radical (unpaired) electrons. The molecule has 0 heterocycles. The van der Waals surface area contributed by atoms with Crippen LogP contribution in [-0.4, -0.2) is 6.54 Å². The first-order valence-corrected chi connectivity index (χ1v) is 6.12. The summed E-state index contributed by atoms with van der Waals surface area (Å²) in [7, 11) is 0. The molecule has 0 saturated carbocycles. The molecule has 0 fully saturated rings. The molecular weight excluding hydrogens is 241 g/mol. The molecule has 2 N–H and O–H groups in total. The molecule has 0 aromatic heterocycles. The van der Waals surface area contributed by atoms with Crippen molar-refractivity contribution in [1.29, 1.82) is 0 Å². The minimum atomic E-state index is -0.245. The highest BCUT2D eigenvalue weighted by atomic mass is 19.1. The predicted molar refractivity (Wildman–Crippen MR) is 75.3 cm³/mol. The third-order valence-electron chi connectivity index (χ3n) is 2.68. The monoisotopic (exact) mass is 257 g/mol. The summed E-state index contributed by atoms with van der Waals surface area (Å²) in [5, 5.41) is 0. The summed E-state index contributed by atoms with van der Waals surface area (Å²) in [6.45, 7) is 0.746. The fourth-order valence-corrected chi connectivity index (χ4v) is 1.66. The summed E-state index contributed by atoms with van der Waals surface area (Å²) in [6.07, 6.45) is 3.83. The Labute approximate surface area is 112 Å². The smallest absolute Gasteiger partial charge is 0.129 e. The molecule has 2 rings (SSSR count). The van der Waals surface area contributed by atoms with Gasteiger partial charge in [0.05, 0.1) is 0 Å². The van der Waals surface area contributed by atoms with E-state index in [1.165, 1.54) is 6.07 Å². The van der Waals surface area contributed by atoms with Gasteiger partial charge in [0.15, 0.2) is 0 Å². The summed E-state index contributed by atoms with van der Waals surface area (Å²) in [6, 6.07) is 14.2. The Morgan fingerprint density at radius 1 is 1.05 bits per heavy atom. The largest absolute Gasteiger partial charge is 0.489 e. The van der Waals surface area contributed by atoms with Crippen LogP contribution in [-0.2, 0) is 6.61 Å². The molecule has 19 heavy (non-hydrogen) atoms. The lowest BCUT2D eigenvalue weighted by atomic mass is 10.2. The van der Waals surface area contributed by atoms with Crippen LogP contribution in [0.3, 0.4) is 0 Å². The van der Waals surface area contributed by atoms with Gasteiger partial charge in [0.1, 0.15) is 18.2 Å². The highest BCUT2D eigenvalue weighted by Gasteiger charge is 2.01. The van der Waals surface area contributed by atoms with Gasteiger partial charge in [-0.05, 0) is 23.8 Å². The predicted octanol–water partition coefficient (Wildman–Crippen LogP) is 3.38. The Morgan fingerprint density at radius 3 is 2.47 bits per heavy atom. The van der Waals surface area contributed by atoms with Crippen molar-refractivity contribution in [2.24, 2.45) is 5.73 Å². The van der Waals surface area contributed by atoms with E-state index >= 15 is 0 Å². The quantitative estimate of drug-likeness (QED) is 0.891. The number of hydrogen-bond donors (Lipinski definition) is 1. The maximum Gasteiger partial charge on any atom is 0.129 e. The van der Waals surface area contributed by atoms with Crippen molar-refractivity contribution in [3.8, 4) is 5.75 Å². The van der Waals surface area contributed by atoms with Crippen LogP contribution in [0.2, 0.25) is 0 Å². The number of rotatable bonds is 5. The summed E-state index contributed by atoms with van der Waals surface area (Å²) in [5.41, 5.74) is 7.00. The zero-order chi connectivity index (χ0) is 13.5. The molecule has 3 heteroatoms. The van der Waals surface area contributed by atoms with E-state index in [-0.39, 0.29) is 12.4 Å². The molecule has 0 saturated heterocycles. The van der Waals surface area contributed by atoms with Crippen LogP contribution in [0.5, 0.6) is 5.75 Å². The van der Waals surface area contributed by atoms with Crippen LogP contribution in [0.25, 0.3) is 6.08 Å². The Kier molecular flexibility index (Phi) is 4.70. The first kappa shape index (κ1) is 13.3. The van der Waals surface area contributed by atoms with E-state index in [1.54, 1.807) is 18.2 Å². The van der Waals surface area contributed by atoms with E-state index in [0.717, 1.165) is 5.56 Å².